The molecule has 112 valence electrons. The first-order valence-corrected chi connectivity index (χ1v) is 6.79. The van der Waals surface area contributed by atoms with Gasteiger partial charge in [-0.25, -0.2) is 0 Å². The van der Waals surface area contributed by atoms with Crippen LogP contribution in [-0.4, -0.2) is 35.5 Å². The molecule has 21 heavy (non-hydrogen) atoms. The van der Waals surface area contributed by atoms with Crippen LogP contribution in [0.4, 0.5) is 8.78 Å². The zero-order valence-corrected chi connectivity index (χ0v) is 11.7. The Morgan fingerprint density at radius 3 is 2.71 bits per heavy atom. The molecule has 1 N–H and O–H groups in total. The SMILES string of the molecule is CNC(=O)CSc1nnc(-c2ccc(OC(F)F)cc2)o1. The zero-order chi connectivity index (χ0) is 15.2. The Balaban J connectivity index is 2.02. The average molecular weight is 315 g/mol. The van der Waals surface area contributed by atoms with Crippen molar-refractivity contribution in [3.8, 4) is 17.2 Å². The zero-order valence-electron chi connectivity index (χ0n) is 10.9. The maximum absolute atomic E-state index is 12.0. The predicted molar refractivity (Wildman–Crippen MR) is 71.2 cm³/mol. The van der Waals surface area contributed by atoms with Crippen molar-refractivity contribution in [1.29, 1.82) is 0 Å². The molecule has 6 nitrogen and oxygen atoms in total. The van der Waals surface area contributed by atoms with E-state index in [1.54, 1.807) is 0 Å². The number of alkyl halides is 2. The first kappa shape index (κ1) is 15.2. The van der Waals surface area contributed by atoms with Crippen molar-refractivity contribution in [1.82, 2.24) is 15.5 Å². The van der Waals surface area contributed by atoms with Crippen molar-refractivity contribution in [3.63, 3.8) is 0 Å². The lowest BCUT2D eigenvalue weighted by atomic mass is 10.2. The average Bonchev–Trinajstić information content (AvgIpc) is 2.94. The Hall–Kier alpha value is -2.16. The molecule has 2 rings (SSSR count). The van der Waals surface area contributed by atoms with E-state index in [2.05, 4.69) is 20.3 Å². The van der Waals surface area contributed by atoms with E-state index < -0.39 is 6.61 Å². The molecule has 0 saturated heterocycles. The molecule has 0 radical (unpaired) electrons. The number of nitrogens with one attached hydrogen (secondary N) is 1. The van der Waals surface area contributed by atoms with Crippen LogP contribution in [0.2, 0.25) is 0 Å². The number of nitrogens with zero attached hydrogens (tertiary/aromatic N) is 2. The molecule has 1 amide bonds. The molecular formula is C12H11F2N3O3S. The van der Waals surface area contributed by atoms with Crippen molar-refractivity contribution in [2.24, 2.45) is 0 Å². The molecule has 2 aromatic rings. The number of halogens is 2. The fourth-order valence-electron chi connectivity index (χ4n) is 1.36. The number of aromatic nitrogens is 2. The van der Waals surface area contributed by atoms with Gasteiger partial charge in [-0.3, -0.25) is 4.79 Å². The maximum Gasteiger partial charge on any atom is 0.387 e. The predicted octanol–water partition coefficient (Wildman–Crippen LogP) is 2.18. The topological polar surface area (TPSA) is 77.2 Å². The number of carbonyl (C=O) groups excluding carboxylic acids is 1. The first-order chi connectivity index (χ1) is 10.1. The van der Waals surface area contributed by atoms with E-state index in [1.165, 1.54) is 31.3 Å². The smallest absolute Gasteiger partial charge is 0.387 e. The van der Waals surface area contributed by atoms with Gasteiger partial charge in [0, 0.05) is 12.6 Å². The van der Waals surface area contributed by atoms with Gasteiger partial charge in [0.1, 0.15) is 5.75 Å². The van der Waals surface area contributed by atoms with E-state index in [1.807, 2.05) is 0 Å². The lowest BCUT2D eigenvalue weighted by molar-refractivity contribution is -0.118. The second-order valence-corrected chi connectivity index (χ2v) is 4.66. The van der Waals surface area contributed by atoms with E-state index in [0.717, 1.165) is 11.8 Å². The van der Waals surface area contributed by atoms with Crippen molar-refractivity contribution in [3.05, 3.63) is 24.3 Å². The van der Waals surface area contributed by atoms with Gasteiger partial charge >= 0.3 is 6.61 Å². The summed E-state index contributed by atoms with van der Waals surface area (Å²) in [6.07, 6.45) is 0. The Labute approximate surface area is 122 Å². The third-order valence-corrected chi connectivity index (χ3v) is 3.16. The van der Waals surface area contributed by atoms with Crippen molar-refractivity contribution in [2.75, 3.05) is 12.8 Å². The van der Waals surface area contributed by atoms with Gasteiger partial charge in [-0.1, -0.05) is 11.8 Å². The Morgan fingerprint density at radius 2 is 2.10 bits per heavy atom. The molecule has 0 aliphatic carbocycles. The van der Waals surface area contributed by atoms with Gasteiger partial charge in [0.2, 0.25) is 11.8 Å². The Bertz CT molecular complexity index is 604. The molecule has 9 heteroatoms. The van der Waals surface area contributed by atoms with E-state index >= 15 is 0 Å². The standard InChI is InChI=1S/C12H11F2N3O3S/c1-15-9(18)6-21-12-17-16-10(20-12)7-2-4-8(5-3-7)19-11(13)14/h2-5,11H,6H2,1H3,(H,15,18). The van der Waals surface area contributed by atoms with Gasteiger partial charge in [-0.05, 0) is 24.3 Å². The highest BCUT2D eigenvalue weighted by atomic mass is 32.2. The molecular weight excluding hydrogens is 304 g/mol. The summed E-state index contributed by atoms with van der Waals surface area (Å²) in [7, 11) is 1.53. The van der Waals surface area contributed by atoms with Crippen LogP contribution in [-0.2, 0) is 4.79 Å². The van der Waals surface area contributed by atoms with Gasteiger partial charge in [0.05, 0.1) is 5.75 Å². The minimum absolute atomic E-state index is 0.0440. The number of thioether (sulfide) groups is 1. The van der Waals surface area contributed by atoms with Crippen molar-refractivity contribution >= 4 is 17.7 Å². The first-order valence-electron chi connectivity index (χ1n) is 5.80. The molecule has 1 aromatic carbocycles. The Morgan fingerprint density at radius 1 is 1.38 bits per heavy atom. The number of hydrogen-bond acceptors (Lipinski definition) is 6. The van der Waals surface area contributed by atoms with E-state index in [0.29, 0.717) is 5.56 Å². The highest BCUT2D eigenvalue weighted by Crippen LogP contribution is 2.25. The van der Waals surface area contributed by atoms with E-state index in [9.17, 15) is 13.6 Å². The summed E-state index contributed by atoms with van der Waals surface area (Å²) < 4.78 is 33.7. The maximum atomic E-state index is 12.0. The lowest BCUT2D eigenvalue weighted by Crippen LogP contribution is -2.19. The van der Waals surface area contributed by atoms with Crippen LogP contribution in [0.3, 0.4) is 0 Å². The number of benzene rings is 1. The monoisotopic (exact) mass is 315 g/mol. The number of carbonyl (C=O) groups is 1. The molecule has 0 atom stereocenters. The molecule has 0 unspecified atom stereocenters. The summed E-state index contributed by atoms with van der Waals surface area (Å²) in [5, 5.41) is 10.3. The second kappa shape index (κ2) is 7.02. The molecule has 0 spiro atoms. The van der Waals surface area contributed by atoms with Crippen molar-refractivity contribution in [2.45, 2.75) is 11.8 Å². The van der Waals surface area contributed by atoms with Gasteiger partial charge in [-0.2, -0.15) is 8.78 Å². The summed E-state index contributed by atoms with van der Waals surface area (Å²) in [6.45, 7) is -2.87. The number of ether oxygens (including phenoxy) is 1. The van der Waals surface area contributed by atoms with Crippen LogP contribution in [0.25, 0.3) is 11.5 Å². The van der Waals surface area contributed by atoms with Gasteiger partial charge < -0.3 is 14.5 Å². The Kier molecular flexibility index (Phi) is 5.09. The summed E-state index contributed by atoms with van der Waals surface area (Å²) in [6, 6.07) is 5.81. The third-order valence-electron chi connectivity index (χ3n) is 2.34. The highest BCUT2D eigenvalue weighted by Gasteiger charge is 2.11. The van der Waals surface area contributed by atoms with Crippen LogP contribution in [0, 0.1) is 0 Å². The quantitative estimate of drug-likeness (QED) is 0.823. The van der Waals surface area contributed by atoms with Gasteiger partial charge in [0.15, 0.2) is 0 Å². The second-order valence-electron chi connectivity index (χ2n) is 3.74. The minimum atomic E-state index is -2.87. The van der Waals surface area contributed by atoms with Gasteiger partial charge in [-0.15, -0.1) is 10.2 Å². The molecule has 1 heterocycles. The summed E-state index contributed by atoms with van der Waals surface area (Å²) in [5.74, 6) is 0.285. The molecule has 0 fully saturated rings. The molecule has 0 bridgehead atoms. The summed E-state index contributed by atoms with van der Waals surface area (Å²) in [4.78, 5) is 11.1. The summed E-state index contributed by atoms with van der Waals surface area (Å²) >= 11 is 1.10. The van der Waals surface area contributed by atoms with E-state index in [-0.39, 0.29) is 28.5 Å². The number of amides is 1. The van der Waals surface area contributed by atoms with Crippen molar-refractivity contribution < 1.29 is 22.7 Å². The van der Waals surface area contributed by atoms with Crippen LogP contribution in [0.15, 0.2) is 33.9 Å². The van der Waals surface area contributed by atoms with Crippen LogP contribution >= 0.6 is 11.8 Å². The molecule has 1 aromatic heterocycles. The van der Waals surface area contributed by atoms with Gasteiger partial charge in [0.25, 0.3) is 5.22 Å². The highest BCUT2D eigenvalue weighted by molar-refractivity contribution is 7.99. The molecule has 0 aliphatic heterocycles. The molecule has 0 aliphatic rings. The van der Waals surface area contributed by atoms with Crippen LogP contribution in [0.5, 0.6) is 5.75 Å². The third kappa shape index (κ3) is 4.42. The summed E-state index contributed by atoms with van der Waals surface area (Å²) in [5.41, 5.74) is 0.566. The number of rotatable bonds is 6. The lowest BCUT2D eigenvalue weighted by Gasteiger charge is -2.03. The van der Waals surface area contributed by atoms with E-state index in [4.69, 9.17) is 4.42 Å². The fourth-order valence-corrected chi connectivity index (χ4v) is 2.00. The fraction of sp³-hybridized carbons (Fsp3) is 0.250. The van der Waals surface area contributed by atoms with Crippen LogP contribution < -0.4 is 10.1 Å². The number of hydrogen-bond donors (Lipinski definition) is 1. The van der Waals surface area contributed by atoms with Crippen LogP contribution in [0.1, 0.15) is 0 Å². The largest absolute Gasteiger partial charge is 0.435 e. The molecule has 0 saturated carbocycles. The minimum Gasteiger partial charge on any atom is -0.435 e. The normalized spacial score (nSPS) is 10.7.